The number of anilines is 1. The average Bonchev–Trinajstić information content (AvgIpc) is 2.92. The average molecular weight is 514 g/mol. The van der Waals surface area contributed by atoms with Gasteiger partial charge in [0.25, 0.3) is 5.91 Å². The Hall–Kier alpha value is -4.92. The lowest BCUT2D eigenvalue weighted by atomic mass is 9.99. The molecule has 0 spiro atoms. The number of fused-ring (bicyclic) bond motifs is 1. The highest BCUT2D eigenvalue weighted by molar-refractivity contribution is 6.07. The van der Waals surface area contributed by atoms with Crippen molar-refractivity contribution in [3.05, 3.63) is 89.6 Å². The maximum Gasteiger partial charge on any atom is 0.336 e. The lowest BCUT2D eigenvalue weighted by Crippen LogP contribution is -2.43. The number of hydrogen-bond acceptors (Lipinski definition) is 7. The number of ether oxygens (including phenoxy) is 1. The molecule has 0 aliphatic rings. The molecule has 0 fully saturated rings. The van der Waals surface area contributed by atoms with E-state index in [-0.39, 0.29) is 23.4 Å². The van der Waals surface area contributed by atoms with Crippen molar-refractivity contribution in [3.63, 3.8) is 0 Å². The van der Waals surface area contributed by atoms with Gasteiger partial charge in [0, 0.05) is 31.6 Å². The first-order valence-corrected chi connectivity index (χ1v) is 11.8. The summed E-state index contributed by atoms with van der Waals surface area (Å²) < 4.78 is 4.83. The summed E-state index contributed by atoms with van der Waals surface area (Å²) in [5, 5.41) is 22.4. The summed E-state index contributed by atoms with van der Waals surface area (Å²) in [7, 11) is 5.11. The molecule has 0 aliphatic carbocycles. The van der Waals surface area contributed by atoms with Crippen LogP contribution in [0.3, 0.4) is 0 Å². The molecule has 0 radical (unpaired) electrons. The number of esters is 1. The third kappa shape index (κ3) is 5.73. The topological polar surface area (TPSA) is 129 Å². The van der Waals surface area contributed by atoms with Crippen molar-refractivity contribution in [3.8, 4) is 16.9 Å². The van der Waals surface area contributed by atoms with Crippen molar-refractivity contribution in [2.45, 2.75) is 12.5 Å². The molecule has 1 atom stereocenters. The molecule has 0 bridgehead atoms. The van der Waals surface area contributed by atoms with Crippen LogP contribution >= 0.6 is 0 Å². The Kier molecular flexibility index (Phi) is 7.57. The maximum absolute atomic E-state index is 13.1. The number of amides is 1. The van der Waals surface area contributed by atoms with Gasteiger partial charge in [-0.05, 0) is 59.2 Å². The van der Waals surface area contributed by atoms with Gasteiger partial charge < -0.3 is 25.2 Å². The van der Waals surface area contributed by atoms with E-state index in [4.69, 9.17) is 4.74 Å². The van der Waals surface area contributed by atoms with Gasteiger partial charge in [0.1, 0.15) is 17.5 Å². The van der Waals surface area contributed by atoms with Crippen LogP contribution in [0.15, 0.2) is 72.8 Å². The first-order valence-electron chi connectivity index (χ1n) is 11.8. The molecule has 38 heavy (non-hydrogen) atoms. The number of carboxylic acids is 1. The SMILES string of the molecule is COC(=O)C(Cc1ccc(O)cc1)NC(=O)c1cc(C(=O)O)c2cc(-c3ccc(N(C)C)cc3)ccc2n1. The Bertz CT molecular complexity index is 1500. The Labute approximate surface area is 219 Å². The van der Waals surface area contributed by atoms with E-state index in [1.54, 1.807) is 24.3 Å². The first-order chi connectivity index (χ1) is 18.2. The highest BCUT2D eigenvalue weighted by Gasteiger charge is 2.25. The van der Waals surface area contributed by atoms with Crippen molar-refractivity contribution >= 4 is 34.4 Å². The number of benzene rings is 3. The van der Waals surface area contributed by atoms with E-state index in [1.165, 1.54) is 25.3 Å². The molecule has 194 valence electrons. The summed E-state index contributed by atoms with van der Waals surface area (Å²) in [4.78, 5) is 44.0. The lowest BCUT2D eigenvalue weighted by molar-refractivity contribution is -0.142. The van der Waals surface area contributed by atoms with Crippen LogP contribution in [-0.4, -0.2) is 60.3 Å². The quantitative estimate of drug-likeness (QED) is 0.303. The van der Waals surface area contributed by atoms with Crippen LogP contribution in [0.4, 0.5) is 5.69 Å². The number of nitrogens with zero attached hydrogens (tertiary/aromatic N) is 2. The second-order valence-electron chi connectivity index (χ2n) is 8.95. The second-order valence-corrected chi connectivity index (χ2v) is 8.95. The van der Waals surface area contributed by atoms with E-state index >= 15 is 0 Å². The Morgan fingerprint density at radius 2 is 1.61 bits per heavy atom. The molecule has 3 N–H and O–H groups in total. The normalized spacial score (nSPS) is 11.6. The van der Waals surface area contributed by atoms with Crippen LogP contribution in [0.2, 0.25) is 0 Å². The summed E-state index contributed by atoms with van der Waals surface area (Å²) in [6.07, 6.45) is 0.105. The van der Waals surface area contributed by atoms with Gasteiger partial charge in [0.05, 0.1) is 18.2 Å². The standard InChI is InChI=1S/C29H27N3O6/c1-32(2)20-9-6-18(7-10-20)19-8-13-24-22(15-19)23(28(35)36)16-25(30-24)27(34)31-26(29(37)38-3)14-17-4-11-21(33)12-5-17/h4-13,15-16,26,33H,14H2,1-3H3,(H,31,34)(H,35,36). The highest BCUT2D eigenvalue weighted by atomic mass is 16.5. The van der Waals surface area contributed by atoms with E-state index in [9.17, 15) is 24.6 Å². The monoisotopic (exact) mass is 513 g/mol. The number of carbonyl (C=O) groups is 3. The number of rotatable bonds is 8. The summed E-state index contributed by atoms with van der Waals surface area (Å²) >= 11 is 0. The molecule has 3 aromatic carbocycles. The summed E-state index contributed by atoms with van der Waals surface area (Å²) in [5.74, 6) is -2.52. The largest absolute Gasteiger partial charge is 0.508 e. The zero-order chi connectivity index (χ0) is 27.4. The van der Waals surface area contributed by atoms with Crippen LogP contribution in [0.25, 0.3) is 22.0 Å². The molecule has 1 aromatic heterocycles. The number of carbonyl (C=O) groups excluding carboxylic acids is 2. The number of phenolic OH excluding ortho intramolecular Hbond substituents is 1. The van der Waals surface area contributed by atoms with Gasteiger partial charge in [-0.15, -0.1) is 0 Å². The minimum absolute atomic E-state index is 0.0719. The molecule has 1 amide bonds. The van der Waals surface area contributed by atoms with Crippen LogP contribution in [0.1, 0.15) is 26.4 Å². The number of aromatic hydroxyl groups is 1. The predicted molar refractivity (Wildman–Crippen MR) is 144 cm³/mol. The number of carboxylic acid groups (broad SMARTS) is 1. The Morgan fingerprint density at radius 1 is 0.947 bits per heavy atom. The number of phenols is 1. The van der Waals surface area contributed by atoms with Crippen LogP contribution in [0, 0.1) is 0 Å². The maximum atomic E-state index is 13.1. The van der Waals surface area contributed by atoms with Gasteiger partial charge in [-0.1, -0.05) is 30.3 Å². The van der Waals surface area contributed by atoms with Gasteiger partial charge in [-0.2, -0.15) is 0 Å². The van der Waals surface area contributed by atoms with Crippen molar-refractivity contribution in [1.29, 1.82) is 0 Å². The van der Waals surface area contributed by atoms with Gasteiger partial charge in [-0.25, -0.2) is 14.6 Å². The fraction of sp³-hybridized carbons (Fsp3) is 0.172. The number of nitrogens with one attached hydrogen (secondary N) is 1. The van der Waals surface area contributed by atoms with Crippen molar-refractivity contribution in [2.24, 2.45) is 0 Å². The summed E-state index contributed by atoms with van der Waals surface area (Å²) in [5.41, 5.74) is 3.54. The molecule has 1 heterocycles. The van der Waals surface area contributed by atoms with E-state index < -0.39 is 23.9 Å². The number of methoxy groups -OCH3 is 1. The smallest absolute Gasteiger partial charge is 0.336 e. The van der Waals surface area contributed by atoms with Gasteiger partial charge in [-0.3, -0.25) is 4.79 Å². The summed E-state index contributed by atoms with van der Waals surface area (Å²) in [6.45, 7) is 0. The molecule has 4 aromatic rings. The van der Waals surface area contributed by atoms with Crippen LogP contribution in [0.5, 0.6) is 5.75 Å². The molecular weight excluding hydrogens is 486 g/mol. The molecule has 0 saturated carbocycles. The van der Waals surface area contributed by atoms with Gasteiger partial charge in [0.2, 0.25) is 0 Å². The molecule has 0 saturated heterocycles. The fourth-order valence-electron chi connectivity index (χ4n) is 4.09. The Morgan fingerprint density at radius 3 is 2.21 bits per heavy atom. The molecule has 4 rings (SSSR count). The predicted octanol–water partition coefficient (Wildman–Crippen LogP) is 3.89. The third-order valence-electron chi connectivity index (χ3n) is 6.16. The molecule has 0 aliphatic heterocycles. The van der Waals surface area contributed by atoms with E-state index in [2.05, 4.69) is 10.3 Å². The zero-order valence-corrected chi connectivity index (χ0v) is 21.1. The van der Waals surface area contributed by atoms with Gasteiger partial charge in [0.15, 0.2) is 0 Å². The molecule has 9 heteroatoms. The van der Waals surface area contributed by atoms with Crippen LogP contribution < -0.4 is 10.2 Å². The van der Waals surface area contributed by atoms with E-state index in [0.29, 0.717) is 16.5 Å². The third-order valence-corrected chi connectivity index (χ3v) is 6.16. The number of aromatic nitrogens is 1. The zero-order valence-electron chi connectivity index (χ0n) is 21.1. The van der Waals surface area contributed by atoms with Crippen molar-refractivity contribution in [1.82, 2.24) is 10.3 Å². The lowest BCUT2D eigenvalue weighted by Gasteiger charge is -2.17. The second kappa shape index (κ2) is 11.0. The van der Waals surface area contributed by atoms with Crippen molar-refractivity contribution < 1.29 is 29.3 Å². The van der Waals surface area contributed by atoms with Gasteiger partial charge >= 0.3 is 11.9 Å². The van der Waals surface area contributed by atoms with Crippen LogP contribution in [-0.2, 0) is 16.0 Å². The minimum Gasteiger partial charge on any atom is -0.508 e. The van der Waals surface area contributed by atoms with E-state index in [1.807, 2.05) is 49.3 Å². The molecule has 9 nitrogen and oxygen atoms in total. The Balaban J connectivity index is 1.65. The number of aromatic carboxylic acids is 1. The molecule has 1 unspecified atom stereocenters. The fourth-order valence-corrected chi connectivity index (χ4v) is 4.09. The highest BCUT2D eigenvalue weighted by Crippen LogP contribution is 2.28. The number of hydrogen-bond donors (Lipinski definition) is 3. The number of pyridine rings is 1. The first kappa shape index (κ1) is 26.2. The van der Waals surface area contributed by atoms with Crippen molar-refractivity contribution in [2.75, 3.05) is 26.1 Å². The molecular formula is C29H27N3O6. The summed E-state index contributed by atoms with van der Waals surface area (Å²) in [6, 6.07) is 19.4. The van der Waals surface area contributed by atoms with E-state index in [0.717, 1.165) is 16.8 Å². The minimum atomic E-state index is -1.21.